The Bertz CT molecular complexity index is 932. The van der Waals surface area contributed by atoms with Crippen LogP contribution in [0.5, 0.6) is 0 Å². The predicted molar refractivity (Wildman–Crippen MR) is 113 cm³/mol. The van der Waals surface area contributed by atoms with Crippen molar-refractivity contribution in [3.8, 4) is 0 Å². The number of carbonyl (C=O) groups is 2. The molecule has 1 amide bonds. The lowest BCUT2D eigenvalue weighted by Gasteiger charge is -2.23. The number of hydrogen-bond acceptors (Lipinski definition) is 3. The number of aliphatic hydroxyl groups is 1. The number of anilines is 1. The molecule has 1 fully saturated rings. The van der Waals surface area contributed by atoms with Crippen LogP contribution < -0.4 is 5.32 Å². The van der Waals surface area contributed by atoms with Gasteiger partial charge in [0.15, 0.2) is 11.4 Å². The van der Waals surface area contributed by atoms with E-state index in [0.717, 1.165) is 5.56 Å². The Hall–Kier alpha value is -1.98. The standard InChI is InChI=1S/C23H24BrNO3/c1-14-7-12-18-20(21(14)24)23(28,22(27)25-18)13-19(26)17-10-8-16(9-11-17)15-5-3-2-4-6-15/h7-12,15,28H,2-6,13H2,1H3,(H,25,27)/t23-/m0/s1. The molecule has 0 bridgehead atoms. The summed E-state index contributed by atoms with van der Waals surface area (Å²) in [5.74, 6) is -0.219. The molecule has 1 heterocycles. The summed E-state index contributed by atoms with van der Waals surface area (Å²) in [6.07, 6.45) is 5.97. The van der Waals surface area contributed by atoms with E-state index in [0.29, 0.717) is 27.2 Å². The highest BCUT2D eigenvalue weighted by molar-refractivity contribution is 9.10. The first kappa shape index (κ1) is 19.3. The lowest BCUT2D eigenvalue weighted by molar-refractivity contribution is -0.133. The number of aryl methyl sites for hydroxylation is 1. The Kier molecular flexibility index (Phi) is 5.15. The molecule has 1 saturated carbocycles. The second-order valence-electron chi connectivity index (χ2n) is 7.99. The van der Waals surface area contributed by atoms with Gasteiger partial charge in [0, 0.05) is 21.3 Å². The molecule has 4 nitrogen and oxygen atoms in total. The Morgan fingerprint density at radius 3 is 2.50 bits per heavy atom. The summed E-state index contributed by atoms with van der Waals surface area (Å²) in [5, 5.41) is 13.8. The maximum Gasteiger partial charge on any atom is 0.261 e. The van der Waals surface area contributed by atoms with Gasteiger partial charge >= 0.3 is 0 Å². The van der Waals surface area contributed by atoms with E-state index in [1.807, 2.05) is 37.3 Å². The summed E-state index contributed by atoms with van der Waals surface area (Å²) >= 11 is 3.47. The van der Waals surface area contributed by atoms with Crippen LogP contribution in [-0.4, -0.2) is 16.8 Å². The first-order chi connectivity index (χ1) is 13.4. The van der Waals surface area contributed by atoms with Crippen LogP contribution in [0.1, 0.15) is 71.5 Å². The second kappa shape index (κ2) is 7.45. The van der Waals surface area contributed by atoms with Crippen molar-refractivity contribution < 1.29 is 14.7 Å². The minimum absolute atomic E-state index is 0.242. The molecule has 2 aliphatic rings. The molecule has 0 saturated heterocycles. The van der Waals surface area contributed by atoms with Crippen molar-refractivity contribution in [2.45, 2.75) is 57.0 Å². The second-order valence-corrected chi connectivity index (χ2v) is 8.78. The minimum atomic E-state index is -1.86. The summed E-state index contributed by atoms with van der Waals surface area (Å²) in [4.78, 5) is 25.4. The molecule has 0 radical (unpaired) electrons. The minimum Gasteiger partial charge on any atom is -0.375 e. The van der Waals surface area contributed by atoms with Crippen LogP contribution in [0.2, 0.25) is 0 Å². The third-order valence-electron chi connectivity index (χ3n) is 6.10. The van der Waals surface area contributed by atoms with Crippen molar-refractivity contribution in [1.82, 2.24) is 0 Å². The van der Waals surface area contributed by atoms with Gasteiger partial charge in [0.1, 0.15) is 0 Å². The first-order valence-corrected chi connectivity index (χ1v) is 10.7. The maximum atomic E-state index is 12.9. The zero-order chi connectivity index (χ0) is 19.9. The molecule has 4 rings (SSSR count). The summed E-state index contributed by atoms with van der Waals surface area (Å²) < 4.78 is 0.659. The molecule has 0 spiro atoms. The molecule has 2 aromatic carbocycles. The Labute approximate surface area is 173 Å². The van der Waals surface area contributed by atoms with Gasteiger partial charge in [-0.25, -0.2) is 0 Å². The molecule has 2 aromatic rings. The Morgan fingerprint density at radius 2 is 1.82 bits per heavy atom. The number of amides is 1. The topological polar surface area (TPSA) is 66.4 Å². The van der Waals surface area contributed by atoms with Gasteiger partial charge in [-0.2, -0.15) is 0 Å². The van der Waals surface area contributed by atoms with Crippen molar-refractivity contribution in [2.24, 2.45) is 0 Å². The smallest absolute Gasteiger partial charge is 0.261 e. The zero-order valence-corrected chi connectivity index (χ0v) is 17.5. The monoisotopic (exact) mass is 441 g/mol. The zero-order valence-electron chi connectivity index (χ0n) is 15.9. The lowest BCUT2D eigenvalue weighted by atomic mass is 9.83. The number of hydrogen-bond donors (Lipinski definition) is 2. The first-order valence-electron chi connectivity index (χ1n) is 9.87. The largest absolute Gasteiger partial charge is 0.375 e. The maximum absolute atomic E-state index is 12.9. The van der Waals surface area contributed by atoms with E-state index in [2.05, 4.69) is 21.2 Å². The molecule has 1 atom stereocenters. The molecule has 1 aliphatic heterocycles. The van der Waals surface area contributed by atoms with Gasteiger partial charge in [-0.1, -0.05) is 65.5 Å². The van der Waals surface area contributed by atoms with Crippen LogP contribution in [0.4, 0.5) is 5.69 Å². The molecule has 5 heteroatoms. The number of ketones is 1. The van der Waals surface area contributed by atoms with Gasteiger partial charge in [-0.05, 0) is 42.9 Å². The molecule has 146 valence electrons. The van der Waals surface area contributed by atoms with Crippen LogP contribution in [-0.2, 0) is 10.4 Å². The molecule has 2 N–H and O–H groups in total. The summed E-state index contributed by atoms with van der Waals surface area (Å²) in [6, 6.07) is 11.3. The number of fused-ring (bicyclic) bond motifs is 1. The van der Waals surface area contributed by atoms with Gasteiger partial charge in [0.2, 0.25) is 0 Å². The van der Waals surface area contributed by atoms with Gasteiger partial charge < -0.3 is 10.4 Å². The van der Waals surface area contributed by atoms with Gasteiger partial charge in [0.25, 0.3) is 5.91 Å². The number of rotatable bonds is 4. The normalized spacial score (nSPS) is 22.0. The van der Waals surface area contributed by atoms with E-state index < -0.39 is 11.5 Å². The SMILES string of the molecule is Cc1ccc2c(c1Br)[C@@](O)(CC(=O)c1ccc(C3CCCCC3)cc1)C(=O)N2. The molecule has 0 unspecified atom stereocenters. The highest BCUT2D eigenvalue weighted by Crippen LogP contribution is 2.44. The summed E-state index contributed by atoms with van der Waals surface area (Å²) in [7, 11) is 0. The lowest BCUT2D eigenvalue weighted by Crippen LogP contribution is -2.36. The average Bonchev–Trinajstić information content (AvgIpc) is 2.96. The average molecular weight is 442 g/mol. The van der Waals surface area contributed by atoms with Crippen molar-refractivity contribution >= 4 is 33.3 Å². The van der Waals surface area contributed by atoms with Gasteiger partial charge in [0.05, 0.1) is 6.42 Å². The predicted octanol–water partition coefficient (Wildman–Crippen LogP) is 5.22. The van der Waals surface area contributed by atoms with Crippen molar-refractivity contribution in [1.29, 1.82) is 0 Å². The van der Waals surface area contributed by atoms with E-state index in [4.69, 9.17) is 0 Å². The highest BCUT2D eigenvalue weighted by atomic mass is 79.9. The Morgan fingerprint density at radius 1 is 1.14 bits per heavy atom. The van der Waals surface area contributed by atoms with Crippen LogP contribution in [0.25, 0.3) is 0 Å². The molecular formula is C23H24BrNO3. The van der Waals surface area contributed by atoms with E-state index in [1.165, 1.54) is 37.7 Å². The van der Waals surface area contributed by atoms with Crippen LogP contribution in [0.15, 0.2) is 40.9 Å². The number of halogens is 1. The fourth-order valence-electron chi connectivity index (χ4n) is 4.41. The Balaban J connectivity index is 1.57. The third kappa shape index (κ3) is 3.31. The number of benzene rings is 2. The van der Waals surface area contributed by atoms with E-state index in [-0.39, 0.29) is 12.2 Å². The van der Waals surface area contributed by atoms with Crippen LogP contribution in [0.3, 0.4) is 0 Å². The number of nitrogens with one attached hydrogen (secondary N) is 1. The number of Topliss-reactive ketones (excluding diaryl/α,β-unsaturated/α-hetero) is 1. The fourth-order valence-corrected chi connectivity index (χ4v) is 5.08. The van der Waals surface area contributed by atoms with E-state index >= 15 is 0 Å². The fraction of sp³-hybridized carbons (Fsp3) is 0.391. The third-order valence-corrected chi connectivity index (χ3v) is 7.12. The van der Waals surface area contributed by atoms with Crippen molar-refractivity contribution in [2.75, 3.05) is 5.32 Å². The quantitative estimate of drug-likeness (QED) is 0.639. The molecule has 0 aromatic heterocycles. The summed E-state index contributed by atoms with van der Waals surface area (Å²) in [5.41, 5.74) is 1.84. The van der Waals surface area contributed by atoms with Crippen LogP contribution in [0, 0.1) is 6.92 Å². The molecular weight excluding hydrogens is 418 g/mol. The van der Waals surface area contributed by atoms with Crippen molar-refractivity contribution in [3.05, 3.63) is 63.1 Å². The van der Waals surface area contributed by atoms with E-state index in [1.54, 1.807) is 6.07 Å². The highest BCUT2D eigenvalue weighted by Gasteiger charge is 2.48. The summed E-state index contributed by atoms with van der Waals surface area (Å²) in [6.45, 7) is 1.89. The van der Waals surface area contributed by atoms with E-state index in [9.17, 15) is 14.7 Å². The number of carbonyl (C=O) groups excluding carboxylic acids is 2. The van der Waals surface area contributed by atoms with Gasteiger partial charge in [-0.3, -0.25) is 9.59 Å². The molecule has 28 heavy (non-hydrogen) atoms. The van der Waals surface area contributed by atoms with Crippen molar-refractivity contribution in [3.63, 3.8) is 0 Å². The van der Waals surface area contributed by atoms with Gasteiger partial charge in [-0.15, -0.1) is 0 Å². The molecule has 1 aliphatic carbocycles. The van der Waals surface area contributed by atoms with Crippen LogP contribution >= 0.6 is 15.9 Å².